The number of rotatable bonds is 0. The van der Waals surface area contributed by atoms with Crippen LogP contribution in [0.3, 0.4) is 0 Å². The van der Waals surface area contributed by atoms with E-state index < -0.39 is 0 Å². The van der Waals surface area contributed by atoms with Gasteiger partial charge < -0.3 is 0 Å². The van der Waals surface area contributed by atoms with Crippen molar-refractivity contribution >= 4 is 23.5 Å². The zero-order valence-electron chi connectivity index (χ0n) is 6.13. The van der Waals surface area contributed by atoms with Gasteiger partial charge in [0.2, 0.25) is 0 Å². The van der Waals surface area contributed by atoms with Crippen LogP contribution in [0.25, 0.3) is 10.9 Å². The standard InChI is InChI=1S/C8H8N2S/c1-5-2-6(11)3-8-7(5)4-9-10-8/h2-4,11H,1H3,(H,9,10). The van der Waals surface area contributed by atoms with E-state index in [0.717, 1.165) is 10.4 Å². The molecule has 2 nitrogen and oxygen atoms in total. The Hall–Kier alpha value is -0.960. The van der Waals surface area contributed by atoms with Crippen molar-refractivity contribution in [3.05, 3.63) is 23.9 Å². The minimum absolute atomic E-state index is 0.972. The molecular weight excluding hydrogens is 156 g/mol. The third kappa shape index (κ3) is 1.01. The molecule has 0 fully saturated rings. The zero-order chi connectivity index (χ0) is 7.84. The van der Waals surface area contributed by atoms with Crippen molar-refractivity contribution in [1.82, 2.24) is 10.2 Å². The number of hydrogen-bond acceptors (Lipinski definition) is 2. The molecular formula is C8H8N2S. The lowest BCUT2D eigenvalue weighted by molar-refractivity contribution is 1.12. The highest BCUT2D eigenvalue weighted by Crippen LogP contribution is 2.19. The van der Waals surface area contributed by atoms with Crippen LogP contribution in [0.2, 0.25) is 0 Å². The van der Waals surface area contributed by atoms with Gasteiger partial charge in [-0.2, -0.15) is 5.10 Å². The maximum Gasteiger partial charge on any atom is 0.0664 e. The first-order valence-electron chi connectivity index (χ1n) is 3.40. The minimum Gasteiger partial charge on any atom is -0.278 e. The van der Waals surface area contributed by atoms with Gasteiger partial charge in [-0.1, -0.05) is 0 Å². The van der Waals surface area contributed by atoms with Gasteiger partial charge in [0.15, 0.2) is 0 Å². The molecule has 0 aliphatic carbocycles. The highest BCUT2D eigenvalue weighted by molar-refractivity contribution is 7.80. The number of aromatic nitrogens is 2. The Morgan fingerprint density at radius 1 is 1.45 bits per heavy atom. The van der Waals surface area contributed by atoms with Crippen LogP contribution in [0.15, 0.2) is 23.2 Å². The molecule has 0 amide bonds. The Labute approximate surface area is 70.0 Å². The summed E-state index contributed by atoms with van der Waals surface area (Å²) in [6, 6.07) is 4.00. The molecule has 0 spiro atoms. The molecule has 2 aromatic rings. The maximum atomic E-state index is 4.26. The van der Waals surface area contributed by atoms with Gasteiger partial charge in [-0.05, 0) is 24.6 Å². The molecule has 3 heteroatoms. The third-order valence-corrected chi connectivity index (χ3v) is 2.01. The summed E-state index contributed by atoms with van der Waals surface area (Å²) in [5.74, 6) is 0. The number of fused-ring (bicyclic) bond motifs is 1. The second-order valence-corrected chi connectivity index (χ2v) is 3.11. The number of nitrogens with zero attached hydrogens (tertiary/aromatic N) is 1. The molecule has 1 heterocycles. The summed E-state index contributed by atoms with van der Waals surface area (Å²) >= 11 is 4.26. The molecule has 0 radical (unpaired) electrons. The summed E-state index contributed by atoms with van der Waals surface area (Å²) < 4.78 is 0. The van der Waals surface area contributed by atoms with Crippen molar-refractivity contribution in [3.63, 3.8) is 0 Å². The summed E-state index contributed by atoms with van der Waals surface area (Å²) in [6.07, 6.45) is 1.83. The number of thiol groups is 1. The highest BCUT2D eigenvalue weighted by Gasteiger charge is 1.98. The molecule has 0 bridgehead atoms. The summed E-state index contributed by atoms with van der Waals surface area (Å²) in [5.41, 5.74) is 2.26. The van der Waals surface area contributed by atoms with E-state index >= 15 is 0 Å². The molecule has 1 aromatic heterocycles. The van der Waals surface area contributed by atoms with E-state index in [-0.39, 0.29) is 0 Å². The SMILES string of the molecule is Cc1cc(S)cc2[nH]ncc12. The van der Waals surface area contributed by atoms with Crippen molar-refractivity contribution in [2.24, 2.45) is 0 Å². The summed E-state index contributed by atoms with van der Waals surface area (Å²) in [5, 5.41) is 8.02. The van der Waals surface area contributed by atoms with Crippen LogP contribution in [0, 0.1) is 6.92 Å². The quantitative estimate of drug-likeness (QED) is 0.574. The summed E-state index contributed by atoms with van der Waals surface area (Å²) in [4.78, 5) is 0.972. The van der Waals surface area contributed by atoms with E-state index in [1.54, 1.807) is 0 Å². The van der Waals surface area contributed by atoms with Crippen LogP contribution in [0.1, 0.15) is 5.56 Å². The lowest BCUT2D eigenvalue weighted by Crippen LogP contribution is -1.75. The number of aryl methyl sites for hydroxylation is 1. The van der Waals surface area contributed by atoms with Crippen LogP contribution in [-0.2, 0) is 0 Å². The van der Waals surface area contributed by atoms with Gasteiger partial charge in [0.05, 0.1) is 11.7 Å². The predicted octanol–water partition coefficient (Wildman–Crippen LogP) is 2.16. The first-order valence-corrected chi connectivity index (χ1v) is 3.85. The number of H-pyrrole nitrogens is 1. The normalized spacial score (nSPS) is 10.7. The molecule has 0 aliphatic rings. The Morgan fingerprint density at radius 2 is 2.27 bits per heavy atom. The van der Waals surface area contributed by atoms with Crippen LogP contribution < -0.4 is 0 Å². The molecule has 56 valence electrons. The van der Waals surface area contributed by atoms with E-state index in [2.05, 4.69) is 29.7 Å². The molecule has 0 atom stereocenters. The van der Waals surface area contributed by atoms with Crippen LogP contribution in [0.5, 0.6) is 0 Å². The zero-order valence-corrected chi connectivity index (χ0v) is 7.02. The van der Waals surface area contributed by atoms with Gasteiger partial charge in [-0.3, -0.25) is 5.10 Å². The average molecular weight is 164 g/mol. The smallest absolute Gasteiger partial charge is 0.0664 e. The molecule has 1 N–H and O–H groups in total. The minimum atomic E-state index is 0.972. The Kier molecular flexibility index (Phi) is 1.39. The van der Waals surface area contributed by atoms with Crippen molar-refractivity contribution in [2.75, 3.05) is 0 Å². The topological polar surface area (TPSA) is 28.7 Å². The maximum absolute atomic E-state index is 4.26. The van der Waals surface area contributed by atoms with Crippen molar-refractivity contribution in [2.45, 2.75) is 11.8 Å². The number of hydrogen-bond donors (Lipinski definition) is 2. The Bertz CT molecular complexity index is 392. The van der Waals surface area contributed by atoms with Gasteiger partial charge >= 0.3 is 0 Å². The molecule has 0 saturated carbocycles. The van der Waals surface area contributed by atoms with E-state index in [1.165, 1.54) is 10.9 Å². The van der Waals surface area contributed by atoms with Gasteiger partial charge in [-0.25, -0.2) is 0 Å². The lowest BCUT2D eigenvalue weighted by Gasteiger charge is -1.95. The Morgan fingerprint density at radius 3 is 3.09 bits per heavy atom. The third-order valence-electron chi connectivity index (χ3n) is 1.75. The van der Waals surface area contributed by atoms with Crippen molar-refractivity contribution in [3.8, 4) is 0 Å². The fourth-order valence-electron chi connectivity index (χ4n) is 1.21. The first-order chi connectivity index (χ1) is 5.27. The fourth-order valence-corrected chi connectivity index (χ4v) is 1.53. The monoisotopic (exact) mass is 164 g/mol. The van der Waals surface area contributed by atoms with E-state index in [1.807, 2.05) is 18.3 Å². The molecule has 2 rings (SSSR count). The Balaban J connectivity index is 2.91. The fraction of sp³-hybridized carbons (Fsp3) is 0.125. The molecule has 11 heavy (non-hydrogen) atoms. The average Bonchev–Trinajstić information content (AvgIpc) is 2.34. The lowest BCUT2D eigenvalue weighted by atomic mass is 10.1. The van der Waals surface area contributed by atoms with Crippen LogP contribution in [-0.4, -0.2) is 10.2 Å². The molecule has 0 aliphatic heterocycles. The summed E-state index contributed by atoms with van der Waals surface area (Å²) in [7, 11) is 0. The predicted molar refractivity (Wildman–Crippen MR) is 48.1 cm³/mol. The second-order valence-electron chi connectivity index (χ2n) is 2.59. The number of benzene rings is 1. The second kappa shape index (κ2) is 2.27. The first kappa shape index (κ1) is 6.73. The molecule has 0 saturated heterocycles. The van der Waals surface area contributed by atoms with Crippen molar-refractivity contribution < 1.29 is 0 Å². The van der Waals surface area contributed by atoms with Crippen molar-refractivity contribution in [1.29, 1.82) is 0 Å². The highest BCUT2D eigenvalue weighted by atomic mass is 32.1. The number of aromatic amines is 1. The van der Waals surface area contributed by atoms with E-state index in [0.29, 0.717) is 0 Å². The van der Waals surface area contributed by atoms with E-state index in [4.69, 9.17) is 0 Å². The van der Waals surface area contributed by atoms with Gasteiger partial charge in [-0.15, -0.1) is 12.6 Å². The summed E-state index contributed by atoms with van der Waals surface area (Å²) in [6.45, 7) is 2.05. The van der Waals surface area contributed by atoms with Gasteiger partial charge in [0.1, 0.15) is 0 Å². The van der Waals surface area contributed by atoms with E-state index in [9.17, 15) is 0 Å². The molecule has 1 aromatic carbocycles. The largest absolute Gasteiger partial charge is 0.278 e. The number of nitrogens with one attached hydrogen (secondary N) is 1. The van der Waals surface area contributed by atoms with Crippen LogP contribution >= 0.6 is 12.6 Å². The van der Waals surface area contributed by atoms with Crippen LogP contribution in [0.4, 0.5) is 0 Å². The molecule has 0 unspecified atom stereocenters. The van der Waals surface area contributed by atoms with Gasteiger partial charge in [0, 0.05) is 10.3 Å². The van der Waals surface area contributed by atoms with Gasteiger partial charge in [0.25, 0.3) is 0 Å².